The number of benzene rings is 1. The molecule has 2 nitrogen and oxygen atoms in total. The van der Waals surface area contributed by atoms with E-state index in [4.69, 9.17) is 5.73 Å². The van der Waals surface area contributed by atoms with Crippen LogP contribution in [0, 0.1) is 5.92 Å². The molecular formula is C15H20F3NO. The first-order valence-corrected chi connectivity index (χ1v) is 6.71. The van der Waals surface area contributed by atoms with E-state index in [0.717, 1.165) is 25.0 Å². The van der Waals surface area contributed by atoms with Crippen LogP contribution in [0.2, 0.25) is 0 Å². The smallest absolute Gasteiger partial charge is 0.330 e. The van der Waals surface area contributed by atoms with Crippen molar-refractivity contribution in [1.29, 1.82) is 0 Å². The van der Waals surface area contributed by atoms with Crippen LogP contribution in [0.25, 0.3) is 0 Å². The van der Waals surface area contributed by atoms with Crippen molar-refractivity contribution in [1.82, 2.24) is 0 Å². The van der Waals surface area contributed by atoms with Gasteiger partial charge in [0.15, 0.2) is 0 Å². The lowest BCUT2D eigenvalue weighted by molar-refractivity contribution is -0.137. The van der Waals surface area contributed by atoms with Crippen molar-refractivity contribution in [2.75, 3.05) is 6.54 Å². The molecule has 0 aliphatic rings. The summed E-state index contributed by atoms with van der Waals surface area (Å²) >= 11 is 0. The average Bonchev–Trinajstić information content (AvgIpc) is 2.36. The van der Waals surface area contributed by atoms with Crippen molar-refractivity contribution in [3.63, 3.8) is 0 Å². The number of carbonyl (C=O) groups is 1. The van der Waals surface area contributed by atoms with Crippen LogP contribution in [0.5, 0.6) is 0 Å². The van der Waals surface area contributed by atoms with E-state index in [0.29, 0.717) is 24.4 Å². The summed E-state index contributed by atoms with van der Waals surface area (Å²) in [5.74, 6) is 0.449. The van der Waals surface area contributed by atoms with Crippen LogP contribution in [0.15, 0.2) is 24.3 Å². The van der Waals surface area contributed by atoms with Gasteiger partial charge in [0.05, 0.1) is 5.56 Å². The minimum atomic E-state index is -4.33. The molecule has 0 saturated heterocycles. The lowest BCUT2D eigenvalue weighted by Gasteiger charge is -2.09. The average molecular weight is 287 g/mol. The molecule has 2 N–H and O–H groups in total. The van der Waals surface area contributed by atoms with Gasteiger partial charge in [0.25, 0.3) is 0 Å². The van der Waals surface area contributed by atoms with Gasteiger partial charge >= 0.3 is 6.18 Å². The molecule has 0 radical (unpaired) electrons. The topological polar surface area (TPSA) is 43.1 Å². The maximum atomic E-state index is 12.4. The summed E-state index contributed by atoms with van der Waals surface area (Å²) in [5.41, 5.74) is 5.36. The minimum absolute atomic E-state index is 0.0497. The van der Waals surface area contributed by atoms with Gasteiger partial charge in [-0.3, -0.25) is 4.79 Å². The molecule has 1 aromatic rings. The number of nitrogens with two attached hydrogens (primary N) is 1. The van der Waals surface area contributed by atoms with Gasteiger partial charge in [-0.2, -0.15) is 13.2 Å². The van der Waals surface area contributed by atoms with Gasteiger partial charge in [-0.15, -0.1) is 0 Å². The Morgan fingerprint density at radius 3 is 2.30 bits per heavy atom. The molecule has 0 fully saturated rings. The Bertz CT molecular complexity index is 426. The van der Waals surface area contributed by atoms with E-state index >= 15 is 0 Å². The molecule has 1 atom stereocenters. The van der Waals surface area contributed by atoms with Gasteiger partial charge in [-0.1, -0.05) is 19.1 Å². The number of hydrogen-bond acceptors (Lipinski definition) is 2. The van der Waals surface area contributed by atoms with Crippen LogP contribution >= 0.6 is 0 Å². The van der Waals surface area contributed by atoms with Crippen molar-refractivity contribution >= 4 is 5.78 Å². The van der Waals surface area contributed by atoms with Crippen LogP contribution in [-0.4, -0.2) is 12.3 Å². The molecule has 0 bridgehead atoms. The molecule has 0 heterocycles. The van der Waals surface area contributed by atoms with E-state index in [-0.39, 0.29) is 12.2 Å². The van der Waals surface area contributed by atoms with E-state index < -0.39 is 11.7 Å². The Kier molecular flexibility index (Phi) is 6.20. The highest BCUT2D eigenvalue weighted by atomic mass is 19.4. The third kappa shape index (κ3) is 5.74. The molecule has 0 aliphatic heterocycles. The third-order valence-electron chi connectivity index (χ3n) is 3.26. The molecular weight excluding hydrogens is 267 g/mol. The van der Waals surface area contributed by atoms with Crippen molar-refractivity contribution < 1.29 is 18.0 Å². The molecule has 1 unspecified atom stereocenters. The van der Waals surface area contributed by atoms with Crippen molar-refractivity contribution in [2.24, 2.45) is 11.7 Å². The molecule has 1 rings (SSSR count). The predicted molar refractivity (Wildman–Crippen MR) is 72.2 cm³/mol. The zero-order valence-corrected chi connectivity index (χ0v) is 11.5. The number of hydrogen-bond donors (Lipinski definition) is 1. The van der Waals surface area contributed by atoms with Gasteiger partial charge in [-0.05, 0) is 43.0 Å². The molecule has 112 valence electrons. The number of rotatable bonds is 7. The van der Waals surface area contributed by atoms with Crippen molar-refractivity contribution in [3.05, 3.63) is 35.4 Å². The quantitative estimate of drug-likeness (QED) is 0.833. The summed E-state index contributed by atoms with van der Waals surface area (Å²) < 4.78 is 37.2. The van der Waals surface area contributed by atoms with Gasteiger partial charge in [0.2, 0.25) is 0 Å². The molecule has 0 saturated carbocycles. The lowest BCUT2D eigenvalue weighted by atomic mass is 9.97. The Balaban J connectivity index is 2.46. The van der Waals surface area contributed by atoms with Crippen molar-refractivity contribution in [2.45, 2.75) is 38.8 Å². The Hall–Kier alpha value is -1.36. The van der Waals surface area contributed by atoms with Gasteiger partial charge in [0.1, 0.15) is 5.78 Å². The number of ketones is 1. The maximum absolute atomic E-state index is 12.4. The van der Waals surface area contributed by atoms with E-state index in [1.54, 1.807) is 0 Å². The Labute approximate surface area is 117 Å². The van der Waals surface area contributed by atoms with Crippen LogP contribution in [-0.2, 0) is 17.4 Å². The minimum Gasteiger partial charge on any atom is -0.330 e. The molecule has 0 amide bonds. The number of alkyl halides is 3. The van der Waals surface area contributed by atoms with Crippen molar-refractivity contribution in [3.8, 4) is 0 Å². The molecule has 0 aliphatic carbocycles. The highest BCUT2D eigenvalue weighted by Gasteiger charge is 2.29. The summed E-state index contributed by atoms with van der Waals surface area (Å²) in [7, 11) is 0. The van der Waals surface area contributed by atoms with E-state index in [2.05, 4.69) is 0 Å². The molecule has 0 aromatic heterocycles. The first-order valence-electron chi connectivity index (χ1n) is 6.71. The second-order valence-corrected chi connectivity index (χ2v) is 5.13. The predicted octanol–water partition coefficient (Wildman–Crippen LogP) is 3.58. The van der Waals surface area contributed by atoms with Gasteiger partial charge in [0, 0.05) is 12.8 Å². The molecule has 5 heteroatoms. The fourth-order valence-corrected chi connectivity index (χ4v) is 1.96. The van der Waals surface area contributed by atoms with Crippen LogP contribution in [0.3, 0.4) is 0 Å². The highest BCUT2D eigenvalue weighted by molar-refractivity contribution is 5.80. The Morgan fingerprint density at radius 1 is 1.20 bits per heavy atom. The SMILES string of the molecule is CC(CCN)CCC(=O)Cc1ccc(C(F)(F)F)cc1. The second kappa shape index (κ2) is 7.43. The molecule has 20 heavy (non-hydrogen) atoms. The van der Waals surface area contributed by atoms with Gasteiger partial charge in [-0.25, -0.2) is 0 Å². The van der Waals surface area contributed by atoms with Crippen LogP contribution in [0.1, 0.15) is 37.3 Å². The van der Waals surface area contributed by atoms with E-state index in [1.165, 1.54) is 12.1 Å². The Morgan fingerprint density at radius 2 is 1.80 bits per heavy atom. The standard InChI is InChI=1S/C15H20F3NO/c1-11(8-9-19)2-7-14(20)10-12-3-5-13(6-4-12)15(16,17)18/h3-6,11H,2,7-10,19H2,1H3. The summed E-state index contributed by atoms with van der Waals surface area (Å²) in [6, 6.07) is 4.76. The molecule has 1 aromatic carbocycles. The van der Waals surface area contributed by atoms with E-state index in [1.807, 2.05) is 6.92 Å². The van der Waals surface area contributed by atoms with Crippen LogP contribution < -0.4 is 5.73 Å². The maximum Gasteiger partial charge on any atom is 0.416 e. The largest absolute Gasteiger partial charge is 0.416 e. The third-order valence-corrected chi connectivity index (χ3v) is 3.26. The van der Waals surface area contributed by atoms with Crippen LogP contribution in [0.4, 0.5) is 13.2 Å². The first kappa shape index (κ1) is 16.7. The summed E-state index contributed by atoms with van der Waals surface area (Å²) in [6.07, 6.45) is -2.04. The van der Waals surface area contributed by atoms with E-state index in [9.17, 15) is 18.0 Å². The monoisotopic (exact) mass is 287 g/mol. The lowest BCUT2D eigenvalue weighted by Crippen LogP contribution is -2.09. The summed E-state index contributed by atoms with van der Waals surface area (Å²) in [5, 5.41) is 0. The highest BCUT2D eigenvalue weighted by Crippen LogP contribution is 2.29. The summed E-state index contributed by atoms with van der Waals surface area (Å²) in [6.45, 7) is 2.65. The normalized spacial score (nSPS) is 13.2. The zero-order chi connectivity index (χ0) is 15.2. The number of halogens is 3. The molecule has 0 spiro atoms. The van der Waals surface area contributed by atoms with Gasteiger partial charge < -0.3 is 5.73 Å². The fourth-order valence-electron chi connectivity index (χ4n) is 1.96. The number of Topliss-reactive ketones (excluding diaryl/α,β-unsaturated/α-hetero) is 1. The fraction of sp³-hybridized carbons (Fsp3) is 0.533. The second-order valence-electron chi connectivity index (χ2n) is 5.13. The zero-order valence-electron chi connectivity index (χ0n) is 11.5. The summed E-state index contributed by atoms with van der Waals surface area (Å²) in [4.78, 5) is 11.7. The first-order chi connectivity index (χ1) is 9.32. The number of carbonyl (C=O) groups excluding carboxylic acids is 1.